The number of sulfonamides is 1. The average Bonchev–Trinajstić information content (AvgIpc) is 4.12. The molecule has 20 heteroatoms. The van der Waals surface area contributed by atoms with Crippen LogP contribution in [-0.2, 0) is 33.9 Å². The molecule has 1 unspecified atom stereocenters. The number of benzene rings is 2. The van der Waals surface area contributed by atoms with Crippen LogP contribution < -0.4 is 29.6 Å². The van der Waals surface area contributed by atoms with E-state index in [2.05, 4.69) is 20.1 Å². The van der Waals surface area contributed by atoms with Gasteiger partial charge in [-0.2, -0.15) is 0 Å². The molecule has 4 aliphatic rings. The van der Waals surface area contributed by atoms with Crippen LogP contribution in [0.1, 0.15) is 59.3 Å². The number of aromatic nitrogens is 1. The second kappa shape index (κ2) is 17.3. The quantitative estimate of drug-likeness (QED) is 0.246. The van der Waals surface area contributed by atoms with E-state index in [-0.39, 0.29) is 38.5 Å². The average molecular weight is 888 g/mol. The van der Waals surface area contributed by atoms with E-state index in [0.717, 1.165) is 12.1 Å². The first-order chi connectivity index (χ1) is 29.2. The van der Waals surface area contributed by atoms with Gasteiger partial charge >= 0.3 is 12.5 Å². The van der Waals surface area contributed by atoms with Crippen LogP contribution in [-0.4, -0.2) is 110 Å². The highest BCUT2D eigenvalue weighted by Crippen LogP contribution is 2.46. The number of pyridine rings is 1. The Labute approximate surface area is 355 Å². The first-order valence-corrected chi connectivity index (χ1v) is 21.7. The monoisotopic (exact) mass is 887 g/mol. The molecule has 2 saturated carbocycles. The van der Waals surface area contributed by atoms with Gasteiger partial charge in [-0.1, -0.05) is 12.2 Å². The van der Waals surface area contributed by atoms with Gasteiger partial charge in [0.15, 0.2) is 0 Å². The third-order valence-electron chi connectivity index (χ3n) is 10.8. The van der Waals surface area contributed by atoms with Crippen molar-refractivity contribution in [3.05, 3.63) is 60.7 Å². The number of carbonyl (C=O) groups is 4. The summed E-state index contributed by atoms with van der Waals surface area (Å²) in [4.78, 5) is 61.9. The Balaban J connectivity index is 1.23. The Morgan fingerprint density at radius 2 is 1.76 bits per heavy atom. The fourth-order valence-electron chi connectivity index (χ4n) is 7.49. The topological polar surface area (TPSA) is 201 Å². The number of alkyl carbamates (subject to hydrolysis) is 1. The maximum atomic E-state index is 14.6. The Bertz CT molecular complexity index is 2350. The fourth-order valence-corrected chi connectivity index (χ4v) is 8.85. The highest BCUT2D eigenvalue weighted by molar-refractivity contribution is 7.91. The first kappa shape index (κ1) is 44.4. The predicted octanol–water partition coefficient (Wildman–Crippen LogP) is 4.90. The molecule has 1 saturated heterocycles. The van der Waals surface area contributed by atoms with E-state index < -0.39 is 86.4 Å². The molecule has 7 rings (SSSR count). The van der Waals surface area contributed by atoms with Gasteiger partial charge in [-0.15, -0.1) is 13.2 Å². The van der Waals surface area contributed by atoms with E-state index in [0.29, 0.717) is 53.5 Å². The zero-order valence-electron chi connectivity index (χ0n) is 34.5. The number of halogens is 3. The van der Waals surface area contributed by atoms with Gasteiger partial charge in [0.1, 0.15) is 40.8 Å². The summed E-state index contributed by atoms with van der Waals surface area (Å²) >= 11 is 0. The Morgan fingerprint density at radius 3 is 2.44 bits per heavy atom. The lowest BCUT2D eigenvalue weighted by Gasteiger charge is -2.30. The molecular weight excluding hydrogens is 840 g/mol. The van der Waals surface area contributed by atoms with E-state index in [9.17, 15) is 40.8 Å². The Kier molecular flexibility index (Phi) is 12.4. The van der Waals surface area contributed by atoms with Crippen LogP contribution in [0, 0.1) is 5.92 Å². The maximum absolute atomic E-state index is 14.6. The van der Waals surface area contributed by atoms with Crippen LogP contribution >= 0.6 is 0 Å². The third-order valence-corrected chi connectivity index (χ3v) is 12.6. The van der Waals surface area contributed by atoms with Crippen LogP contribution in [0.4, 0.5) is 18.0 Å². The normalized spacial score (nSPS) is 25.2. The number of alkyl halides is 3. The molecular formula is C42H48F3N5O11S. The number of amides is 4. The van der Waals surface area contributed by atoms with Gasteiger partial charge in [-0.05, 0) is 107 Å². The molecule has 5 atom stereocenters. The van der Waals surface area contributed by atoms with Crippen LogP contribution in [0.2, 0.25) is 0 Å². The van der Waals surface area contributed by atoms with Gasteiger partial charge in [0, 0.05) is 29.9 Å². The number of nitrogens with zero attached hydrogens (tertiary/aromatic N) is 2. The van der Waals surface area contributed by atoms with Gasteiger partial charge in [-0.25, -0.2) is 18.2 Å². The number of hydrogen-bond acceptors (Lipinski definition) is 12. The Morgan fingerprint density at radius 1 is 1.03 bits per heavy atom. The minimum Gasteiger partial charge on any atom is -0.497 e. The number of rotatable bonds is 9. The van der Waals surface area contributed by atoms with E-state index in [1.54, 1.807) is 51.1 Å². The predicted molar refractivity (Wildman–Crippen MR) is 216 cm³/mol. The Hall–Kier alpha value is -5.63. The lowest BCUT2D eigenvalue weighted by molar-refractivity contribution is -0.274. The third kappa shape index (κ3) is 10.5. The van der Waals surface area contributed by atoms with Crippen molar-refractivity contribution in [3.8, 4) is 28.6 Å². The summed E-state index contributed by atoms with van der Waals surface area (Å²) in [5.41, 5.74) is -1.81. The van der Waals surface area contributed by atoms with Crippen molar-refractivity contribution in [3.63, 3.8) is 0 Å². The number of allylic oxidation sites excluding steroid dienone is 1. The largest absolute Gasteiger partial charge is 0.573 e. The molecule has 2 aromatic carbocycles. The summed E-state index contributed by atoms with van der Waals surface area (Å²) in [6.07, 6.45) is -1.31. The van der Waals surface area contributed by atoms with E-state index in [1.165, 1.54) is 24.1 Å². The lowest BCUT2D eigenvalue weighted by Crippen LogP contribution is -2.59. The van der Waals surface area contributed by atoms with Gasteiger partial charge in [0.05, 0.1) is 31.2 Å². The second-order valence-corrected chi connectivity index (χ2v) is 18.7. The standard InChI is InChI=1S/C42H48F3N5O11S/c1-40(2,3)61-39(54)47-33-23-58-17-7-5-6-8-26-21-41(26,38(53)49-62(55,56)30-14-15-30)48-35(51)34-20-29(22-50(34)37(33)52)59-36-31-16-13-28(57-4)18-25(31)19-32(46-36)24-9-11-27(12-10-24)60-42(43,44)45/h6,8-13,16,18-19,26,29-30,33-34H,5,7,14-15,17,20-23H2,1-4H3,(H,47,54)(H,48,51)(H,49,53)/b8-6-/t26-,29?,33+,34+,41-/m1/s1. The molecule has 16 nitrogen and oxygen atoms in total. The molecule has 0 radical (unpaired) electrons. The van der Waals surface area contributed by atoms with Gasteiger partial charge in [-0.3, -0.25) is 19.1 Å². The van der Waals surface area contributed by atoms with Gasteiger partial charge in [0.25, 0.3) is 5.91 Å². The summed E-state index contributed by atoms with van der Waals surface area (Å²) in [5.74, 6) is -2.77. The number of carbonyl (C=O) groups excluding carboxylic acids is 4. The molecule has 2 aliphatic heterocycles. The highest BCUT2D eigenvalue weighted by atomic mass is 32.2. The molecule has 3 aromatic rings. The van der Waals surface area contributed by atoms with Crippen LogP contribution in [0.5, 0.6) is 17.4 Å². The summed E-state index contributed by atoms with van der Waals surface area (Å²) in [6.45, 7) is 4.69. The van der Waals surface area contributed by atoms with Crippen molar-refractivity contribution in [2.75, 3.05) is 26.9 Å². The SMILES string of the molecule is COc1ccc2c(OC3C[C@H]4C(=O)N[C@]5(C(=O)NS(=O)(=O)C6CC6)C[C@H]5/C=C\CCCOC[C@H](NC(=O)OC(C)(C)C)C(=O)N4C3)nc(-c3ccc(OC(F)(F)F)cc3)cc2c1. The summed E-state index contributed by atoms with van der Waals surface area (Å²) in [7, 11) is -2.50. The lowest BCUT2D eigenvalue weighted by atomic mass is 10.1. The minimum absolute atomic E-state index is 0.0663. The molecule has 1 aromatic heterocycles. The molecule has 3 fully saturated rings. The van der Waals surface area contributed by atoms with Crippen LogP contribution in [0.25, 0.3) is 22.0 Å². The second-order valence-electron chi connectivity index (χ2n) is 16.7. The van der Waals surface area contributed by atoms with Crippen molar-refractivity contribution in [1.82, 2.24) is 25.2 Å². The zero-order valence-corrected chi connectivity index (χ0v) is 35.3. The number of methoxy groups -OCH3 is 1. The molecule has 334 valence electrons. The first-order valence-electron chi connectivity index (χ1n) is 20.2. The van der Waals surface area contributed by atoms with Crippen molar-refractivity contribution in [2.45, 2.75) is 100 Å². The number of ether oxygens (including phenoxy) is 5. The van der Waals surface area contributed by atoms with E-state index in [1.807, 2.05) is 6.08 Å². The molecule has 4 amide bonds. The highest BCUT2D eigenvalue weighted by Gasteiger charge is 2.62. The van der Waals surface area contributed by atoms with Gasteiger partial charge < -0.3 is 39.2 Å². The number of nitrogens with one attached hydrogen (secondary N) is 3. The van der Waals surface area contributed by atoms with Crippen molar-refractivity contribution in [2.24, 2.45) is 5.92 Å². The zero-order chi connectivity index (χ0) is 44.6. The van der Waals surface area contributed by atoms with Crippen molar-refractivity contribution < 1.29 is 64.5 Å². The maximum Gasteiger partial charge on any atom is 0.573 e. The molecule has 2 aliphatic carbocycles. The fraction of sp³-hybridized carbons (Fsp3) is 0.500. The van der Waals surface area contributed by atoms with Crippen LogP contribution in [0.15, 0.2) is 60.7 Å². The number of fused-ring (bicyclic) bond motifs is 3. The molecule has 0 bridgehead atoms. The molecule has 62 heavy (non-hydrogen) atoms. The van der Waals surface area contributed by atoms with E-state index in [4.69, 9.17) is 23.9 Å². The summed E-state index contributed by atoms with van der Waals surface area (Å²) in [6, 6.07) is 9.25. The summed E-state index contributed by atoms with van der Waals surface area (Å²) < 4.78 is 94.0. The number of hydrogen-bond donors (Lipinski definition) is 3. The summed E-state index contributed by atoms with van der Waals surface area (Å²) in [5, 5.41) is 5.78. The van der Waals surface area contributed by atoms with Gasteiger partial charge in [0.2, 0.25) is 27.7 Å². The molecule has 3 N–H and O–H groups in total. The van der Waals surface area contributed by atoms with Crippen molar-refractivity contribution in [1.29, 1.82) is 0 Å². The van der Waals surface area contributed by atoms with Crippen LogP contribution in [0.3, 0.4) is 0 Å². The molecule has 3 heterocycles. The van der Waals surface area contributed by atoms with E-state index >= 15 is 0 Å². The van der Waals surface area contributed by atoms with Crippen molar-refractivity contribution >= 4 is 44.6 Å². The smallest absolute Gasteiger partial charge is 0.497 e. The minimum atomic E-state index is -4.89. The molecule has 0 spiro atoms.